The van der Waals surface area contributed by atoms with Crippen LogP contribution in [0, 0.1) is 0 Å². The van der Waals surface area contributed by atoms with E-state index in [4.69, 9.17) is 33.0 Å². The minimum atomic E-state index is -0.693. The molecule has 0 spiro atoms. The monoisotopic (exact) mass is 335 g/mol. The maximum absolute atomic E-state index is 9.98. The van der Waals surface area contributed by atoms with Gasteiger partial charge in [-0.15, -0.1) is 0 Å². The van der Waals surface area contributed by atoms with Gasteiger partial charge < -0.3 is 20.3 Å². The molecule has 0 aliphatic carbocycles. The van der Waals surface area contributed by atoms with Gasteiger partial charge in [0.2, 0.25) is 0 Å². The summed E-state index contributed by atoms with van der Waals surface area (Å²) >= 11 is 12.0. The summed E-state index contributed by atoms with van der Waals surface area (Å²) in [6, 6.07) is 5.10. The second-order valence-corrected chi connectivity index (χ2v) is 6.10. The van der Waals surface area contributed by atoms with E-state index in [2.05, 4.69) is 5.32 Å². The van der Waals surface area contributed by atoms with Gasteiger partial charge in [-0.1, -0.05) is 36.2 Å². The summed E-state index contributed by atoms with van der Waals surface area (Å²) in [6.45, 7) is 4.62. The fraction of sp³-hybridized carbons (Fsp3) is 0.600. The number of rotatable bonds is 9. The van der Waals surface area contributed by atoms with E-state index in [9.17, 15) is 5.11 Å². The van der Waals surface area contributed by atoms with Gasteiger partial charge >= 0.3 is 0 Å². The van der Waals surface area contributed by atoms with Crippen LogP contribution in [0.4, 0.5) is 0 Å². The van der Waals surface area contributed by atoms with Crippen LogP contribution < -0.4 is 10.1 Å². The molecule has 21 heavy (non-hydrogen) atoms. The fourth-order valence-electron chi connectivity index (χ4n) is 1.86. The van der Waals surface area contributed by atoms with Crippen LogP contribution in [0.15, 0.2) is 18.2 Å². The summed E-state index contributed by atoms with van der Waals surface area (Å²) in [4.78, 5) is 0. The Kier molecular flexibility index (Phi) is 7.77. The van der Waals surface area contributed by atoms with E-state index in [-0.39, 0.29) is 18.8 Å². The van der Waals surface area contributed by atoms with Crippen LogP contribution in [-0.2, 0) is 0 Å². The van der Waals surface area contributed by atoms with Crippen molar-refractivity contribution >= 4 is 23.2 Å². The van der Waals surface area contributed by atoms with Crippen LogP contribution >= 0.6 is 23.2 Å². The van der Waals surface area contributed by atoms with Gasteiger partial charge in [0, 0.05) is 18.7 Å². The van der Waals surface area contributed by atoms with Gasteiger partial charge in [0.1, 0.15) is 12.7 Å². The smallest absolute Gasteiger partial charge is 0.156 e. The third-order valence-corrected chi connectivity index (χ3v) is 4.14. The number of hydrogen-bond donors (Lipinski definition) is 3. The molecular weight excluding hydrogens is 313 g/mol. The van der Waals surface area contributed by atoms with Gasteiger partial charge in [-0.2, -0.15) is 0 Å². The summed E-state index contributed by atoms with van der Waals surface area (Å²) < 4.78 is 5.48. The lowest BCUT2D eigenvalue weighted by Crippen LogP contribution is -2.47. The summed E-state index contributed by atoms with van der Waals surface area (Å²) in [5, 5.41) is 23.1. The molecule has 0 bridgehead atoms. The first-order valence-electron chi connectivity index (χ1n) is 7.02. The van der Waals surface area contributed by atoms with Crippen LogP contribution in [0.1, 0.15) is 26.7 Å². The van der Waals surface area contributed by atoms with Gasteiger partial charge in [0.25, 0.3) is 0 Å². The zero-order chi connectivity index (χ0) is 15.9. The second kappa shape index (κ2) is 8.81. The fourth-order valence-corrected chi connectivity index (χ4v) is 2.37. The van der Waals surface area contributed by atoms with E-state index in [0.29, 0.717) is 28.8 Å². The minimum absolute atomic E-state index is 0.0926. The predicted molar refractivity (Wildman–Crippen MR) is 86.4 cm³/mol. The summed E-state index contributed by atoms with van der Waals surface area (Å²) in [5.74, 6) is 0.383. The first kappa shape index (κ1) is 18.5. The van der Waals surface area contributed by atoms with Crippen LogP contribution in [-0.4, -0.2) is 41.6 Å². The zero-order valence-electron chi connectivity index (χ0n) is 12.4. The number of nitrogens with one attached hydrogen (secondary N) is 1. The second-order valence-electron chi connectivity index (χ2n) is 5.28. The Morgan fingerprint density at radius 1 is 1.33 bits per heavy atom. The highest BCUT2D eigenvalue weighted by atomic mass is 35.5. The molecule has 1 aromatic rings. The minimum Gasteiger partial charge on any atom is -0.488 e. The van der Waals surface area contributed by atoms with E-state index in [1.54, 1.807) is 18.2 Å². The van der Waals surface area contributed by atoms with Gasteiger partial charge in [-0.05, 0) is 31.9 Å². The maximum atomic E-state index is 9.98. The Morgan fingerprint density at radius 3 is 2.48 bits per heavy atom. The van der Waals surface area contributed by atoms with Crippen LogP contribution in [0.2, 0.25) is 10.0 Å². The summed E-state index contributed by atoms with van der Waals surface area (Å²) in [5.41, 5.74) is -0.197. The Hall–Kier alpha value is -0.520. The number of para-hydroxylation sites is 1. The molecular formula is C15H23Cl2NO3. The highest BCUT2D eigenvalue weighted by molar-refractivity contribution is 6.37. The zero-order valence-corrected chi connectivity index (χ0v) is 13.9. The Bertz CT molecular complexity index is 425. The average Bonchev–Trinajstić information content (AvgIpc) is 2.45. The number of halogens is 2. The van der Waals surface area contributed by atoms with Gasteiger partial charge in [-0.3, -0.25) is 0 Å². The molecule has 0 aliphatic rings. The quantitative estimate of drug-likeness (QED) is 0.649. The van der Waals surface area contributed by atoms with E-state index in [1.807, 2.05) is 13.8 Å². The highest BCUT2D eigenvalue weighted by Crippen LogP contribution is 2.32. The third-order valence-electron chi connectivity index (χ3n) is 3.55. The molecule has 0 heterocycles. The van der Waals surface area contributed by atoms with E-state index in [1.165, 1.54) is 0 Å². The number of aliphatic hydroxyl groups is 2. The molecule has 0 aliphatic heterocycles. The lowest BCUT2D eigenvalue weighted by molar-refractivity contribution is 0.0935. The molecule has 0 saturated carbocycles. The Labute approximate surface area is 136 Å². The topological polar surface area (TPSA) is 61.7 Å². The standard InChI is InChI=1S/C15H23Cl2NO3/c1-3-15(2,7-8-19)18-9-11(20)10-21-14-12(16)5-4-6-13(14)17/h4-6,11,18-20H,3,7-10H2,1-2H3. The maximum Gasteiger partial charge on any atom is 0.156 e. The summed E-state index contributed by atoms with van der Waals surface area (Å²) in [6.07, 6.45) is 0.798. The van der Waals surface area contributed by atoms with Crippen molar-refractivity contribution in [3.05, 3.63) is 28.2 Å². The molecule has 1 aromatic carbocycles. The lowest BCUT2D eigenvalue weighted by Gasteiger charge is -2.30. The highest BCUT2D eigenvalue weighted by Gasteiger charge is 2.22. The molecule has 1 rings (SSSR count). The van der Waals surface area contributed by atoms with Crippen molar-refractivity contribution in [2.75, 3.05) is 19.8 Å². The predicted octanol–water partition coefficient (Wildman–Crippen LogP) is 2.87. The lowest BCUT2D eigenvalue weighted by atomic mass is 9.95. The number of benzene rings is 1. The number of aliphatic hydroxyl groups excluding tert-OH is 2. The van der Waals surface area contributed by atoms with Crippen molar-refractivity contribution in [2.45, 2.75) is 38.3 Å². The normalized spacial score (nSPS) is 15.5. The molecule has 6 heteroatoms. The largest absolute Gasteiger partial charge is 0.488 e. The SMILES string of the molecule is CCC(C)(CCO)NCC(O)COc1c(Cl)cccc1Cl. The average molecular weight is 336 g/mol. The van der Waals surface area contributed by atoms with Crippen molar-refractivity contribution in [1.82, 2.24) is 5.32 Å². The van der Waals surface area contributed by atoms with Gasteiger partial charge in [-0.25, -0.2) is 0 Å². The summed E-state index contributed by atoms with van der Waals surface area (Å²) in [7, 11) is 0. The van der Waals surface area contributed by atoms with Gasteiger partial charge in [0.15, 0.2) is 5.75 Å². The molecule has 3 N–H and O–H groups in total. The Morgan fingerprint density at radius 2 is 1.95 bits per heavy atom. The van der Waals surface area contributed by atoms with Crippen molar-refractivity contribution in [3.8, 4) is 5.75 Å². The molecule has 0 aromatic heterocycles. The van der Waals surface area contributed by atoms with Crippen molar-refractivity contribution in [2.24, 2.45) is 0 Å². The van der Waals surface area contributed by atoms with Gasteiger partial charge in [0.05, 0.1) is 10.0 Å². The first-order valence-corrected chi connectivity index (χ1v) is 7.78. The van der Waals surface area contributed by atoms with Crippen LogP contribution in [0.25, 0.3) is 0 Å². The van der Waals surface area contributed by atoms with Crippen LogP contribution in [0.3, 0.4) is 0 Å². The molecule has 0 amide bonds. The molecule has 0 radical (unpaired) electrons. The molecule has 120 valence electrons. The van der Waals surface area contributed by atoms with Crippen LogP contribution in [0.5, 0.6) is 5.75 Å². The molecule has 0 fully saturated rings. The Balaban J connectivity index is 2.46. The molecule has 2 unspecified atom stereocenters. The molecule has 0 saturated heterocycles. The van der Waals surface area contributed by atoms with E-state index >= 15 is 0 Å². The molecule has 2 atom stereocenters. The third kappa shape index (κ3) is 6.01. The van der Waals surface area contributed by atoms with E-state index < -0.39 is 6.10 Å². The number of ether oxygens (including phenoxy) is 1. The molecule has 4 nitrogen and oxygen atoms in total. The number of β-amino-alcohol motifs (C(OH)–C–C–N with tert-alkyl or cyclic N) is 1. The van der Waals surface area contributed by atoms with Crippen molar-refractivity contribution < 1.29 is 14.9 Å². The number of hydrogen-bond acceptors (Lipinski definition) is 4. The van der Waals surface area contributed by atoms with Crippen molar-refractivity contribution in [3.63, 3.8) is 0 Å². The van der Waals surface area contributed by atoms with E-state index in [0.717, 1.165) is 6.42 Å². The van der Waals surface area contributed by atoms with Crippen molar-refractivity contribution in [1.29, 1.82) is 0 Å². The first-order chi connectivity index (χ1) is 9.91.